The van der Waals surface area contributed by atoms with Crippen LogP contribution in [0.1, 0.15) is 0 Å². The molecule has 5 aromatic rings. The highest BCUT2D eigenvalue weighted by Gasteiger charge is 2.24. The van der Waals surface area contributed by atoms with Crippen molar-refractivity contribution >= 4 is 38.8 Å². The topological polar surface area (TPSA) is 99.0 Å². The summed E-state index contributed by atoms with van der Waals surface area (Å²) in [4.78, 5) is 7.58. The van der Waals surface area contributed by atoms with Crippen molar-refractivity contribution in [2.75, 3.05) is 4.72 Å². The van der Waals surface area contributed by atoms with Crippen molar-refractivity contribution in [3.8, 4) is 33.9 Å². The van der Waals surface area contributed by atoms with Crippen molar-refractivity contribution in [3.63, 3.8) is 0 Å². The highest BCUT2D eigenvalue weighted by molar-refractivity contribution is 7.92. The quantitative estimate of drug-likeness (QED) is 0.257. The lowest BCUT2D eigenvalue weighted by Gasteiger charge is -2.14. The smallest absolute Gasteiger partial charge is 0.266 e. The number of thiazole rings is 1. The van der Waals surface area contributed by atoms with E-state index in [9.17, 15) is 17.2 Å². The van der Waals surface area contributed by atoms with Gasteiger partial charge in [-0.15, -0.1) is 11.3 Å². The number of sulfonamides is 1. The summed E-state index contributed by atoms with van der Waals surface area (Å²) in [5.74, 6) is -1.28. The molecule has 0 saturated carbocycles. The highest BCUT2D eigenvalue weighted by atomic mass is 35.5. The Balaban J connectivity index is 1.52. The molecule has 0 aliphatic heterocycles. The summed E-state index contributed by atoms with van der Waals surface area (Å²) in [7, 11) is -2.54. The van der Waals surface area contributed by atoms with Crippen molar-refractivity contribution in [3.05, 3.63) is 88.6 Å². The number of ether oxygens (including phenoxy) is 1. The third-order valence-corrected chi connectivity index (χ3v) is 7.44. The third-order valence-electron chi connectivity index (χ3n) is 5.19. The Labute approximate surface area is 219 Å². The molecule has 3 heterocycles. The Bertz CT molecular complexity index is 1690. The molecule has 0 aliphatic rings. The van der Waals surface area contributed by atoms with Gasteiger partial charge in [0, 0.05) is 41.4 Å². The molecule has 1 N–H and O–H groups in total. The summed E-state index contributed by atoms with van der Waals surface area (Å²) < 4.78 is 63.4. The number of halogens is 3. The van der Waals surface area contributed by atoms with E-state index >= 15 is 0 Å². The van der Waals surface area contributed by atoms with Crippen molar-refractivity contribution in [2.45, 2.75) is 4.90 Å². The van der Waals surface area contributed by atoms with Gasteiger partial charge in [-0.2, -0.15) is 5.10 Å². The van der Waals surface area contributed by atoms with Crippen LogP contribution >= 0.6 is 22.9 Å². The second-order valence-electron chi connectivity index (χ2n) is 7.77. The summed E-state index contributed by atoms with van der Waals surface area (Å²) in [6, 6.07) is 9.41. The minimum atomic E-state index is -4.28. The van der Waals surface area contributed by atoms with Gasteiger partial charge < -0.3 is 4.74 Å². The lowest BCUT2D eigenvalue weighted by Crippen LogP contribution is -2.15. The van der Waals surface area contributed by atoms with Crippen LogP contribution in [0.2, 0.25) is 5.02 Å². The van der Waals surface area contributed by atoms with Gasteiger partial charge in [0.1, 0.15) is 22.3 Å². The number of nitrogens with zero attached hydrogens (tertiary/aromatic N) is 4. The van der Waals surface area contributed by atoms with Crippen LogP contribution in [0.4, 0.5) is 14.6 Å². The normalized spacial score (nSPS) is 11.5. The van der Waals surface area contributed by atoms with E-state index in [4.69, 9.17) is 16.3 Å². The summed E-state index contributed by atoms with van der Waals surface area (Å²) in [5.41, 5.74) is 3.88. The van der Waals surface area contributed by atoms with E-state index in [0.717, 1.165) is 12.1 Å². The number of nitrogens with one attached hydrogen (secondary N) is 1. The molecule has 0 bridgehead atoms. The maximum absolute atomic E-state index is 15.0. The monoisotopic (exact) mass is 559 g/mol. The van der Waals surface area contributed by atoms with E-state index in [2.05, 4.69) is 19.8 Å². The number of anilines is 1. The molecule has 0 saturated heterocycles. The molecule has 3 aromatic heterocycles. The van der Waals surface area contributed by atoms with Crippen molar-refractivity contribution in [2.24, 2.45) is 7.05 Å². The molecule has 0 spiro atoms. The van der Waals surface area contributed by atoms with Crippen LogP contribution in [0.25, 0.3) is 22.4 Å². The van der Waals surface area contributed by atoms with Crippen molar-refractivity contribution in [1.82, 2.24) is 19.7 Å². The van der Waals surface area contributed by atoms with Crippen LogP contribution in [0.5, 0.6) is 11.5 Å². The molecule has 0 amide bonds. The summed E-state index contributed by atoms with van der Waals surface area (Å²) in [6.45, 7) is 0. The Morgan fingerprint density at radius 1 is 1.03 bits per heavy atom. The average Bonchev–Trinajstić information content (AvgIpc) is 3.53. The Morgan fingerprint density at radius 2 is 1.81 bits per heavy atom. The van der Waals surface area contributed by atoms with Gasteiger partial charge in [-0.1, -0.05) is 11.6 Å². The first kappa shape index (κ1) is 24.8. The van der Waals surface area contributed by atoms with Crippen molar-refractivity contribution < 1.29 is 21.9 Å². The van der Waals surface area contributed by atoms with Gasteiger partial charge in [0.2, 0.25) is 0 Å². The van der Waals surface area contributed by atoms with Gasteiger partial charge in [-0.3, -0.25) is 14.4 Å². The maximum atomic E-state index is 15.0. The largest absolute Gasteiger partial charge is 0.453 e. The fraction of sp³-hybridized carbons (Fsp3) is 0.0417. The van der Waals surface area contributed by atoms with Crippen LogP contribution in [-0.4, -0.2) is 28.2 Å². The van der Waals surface area contributed by atoms with E-state index in [-0.39, 0.29) is 28.2 Å². The lowest BCUT2D eigenvalue weighted by atomic mass is 10.1. The standard InChI is InChI=1S/C24H16ClF2N5O3S2/c1-32-11-15(9-30-32)17-6-20(14-2-4-16(26)5-3-14)28-10-22(17)35-21-8-19(27)23(7-18(21)25)37(33,34)31-24-12-36-13-29-24/h2-13,31H,1H3. The molecule has 0 atom stereocenters. The number of aryl methyl sites for hydroxylation is 1. The second-order valence-corrected chi connectivity index (χ2v) is 10.5. The molecule has 2 aromatic carbocycles. The zero-order valence-electron chi connectivity index (χ0n) is 18.9. The molecule has 37 heavy (non-hydrogen) atoms. The average molecular weight is 560 g/mol. The first-order valence-corrected chi connectivity index (χ1v) is 13.3. The summed E-state index contributed by atoms with van der Waals surface area (Å²) in [5, 5.41) is 5.51. The number of pyridine rings is 1. The van der Waals surface area contributed by atoms with E-state index in [1.54, 1.807) is 42.3 Å². The highest BCUT2D eigenvalue weighted by Crippen LogP contribution is 2.39. The maximum Gasteiger partial charge on any atom is 0.266 e. The van der Waals surface area contributed by atoms with E-state index in [1.807, 2.05) is 0 Å². The van der Waals surface area contributed by atoms with Crippen LogP contribution in [-0.2, 0) is 17.1 Å². The molecule has 0 aliphatic carbocycles. The minimum absolute atomic E-state index is 0.0641. The molecule has 13 heteroatoms. The Morgan fingerprint density at radius 3 is 2.49 bits per heavy atom. The SMILES string of the molecule is Cn1cc(-c2cc(-c3ccc(F)cc3)ncc2Oc2cc(F)c(S(=O)(=O)Nc3cscn3)cc2Cl)cn1. The number of hydrogen-bond acceptors (Lipinski definition) is 7. The predicted molar refractivity (Wildman–Crippen MR) is 136 cm³/mol. The molecule has 5 rings (SSSR count). The first-order chi connectivity index (χ1) is 17.7. The molecular formula is C24H16ClF2N5O3S2. The van der Waals surface area contributed by atoms with Gasteiger partial charge in [0.05, 0.1) is 28.6 Å². The molecule has 8 nitrogen and oxygen atoms in total. The summed E-state index contributed by atoms with van der Waals surface area (Å²) in [6.07, 6.45) is 4.78. The fourth-order valence-electron chi connectivity index (χ4n) is 3.46. The number of rotatable bonds is 7. The van der Waals surface area contributed by atoms with Gasteiger partial charge in [-0.25, -0.2) is 22.2 Å². The number of benzene rings is 2. The molecular weight excluding hydrogens is 544 g/mol. The van der Waals surface area contributed by atoms with Gasteiger partial charge in [0.25, 0.3) is 10.0 Å². The Kier molecular flexibility index (Phi) is 6.63. The fourth-order valence-corrected chi connectivity index (χ4v) is 5.37. The summed E-state index contributed by atoms with van der Waals surface area (Å²) >= 11 is 7.49. The second kappa shape index (κ2) is 9.88. The molecule has 0 fully saturated rings. The van der Waals surface area contributed by atoms with Crippen molar-refractivity contribution in [1.29, 1.82) is 0 Å². The third kappa shape index (κ3) is 5.31. The van der Waals surface area contributed by atoms with Gasteiger partial charge >= 0.3 is 0 Å². The number of hydrogen-bond donors (Lipinski definition) is 1. The van der Waals surface area contributed by atoms with E-state index in [0.29, 0.717) is 22.4 Å². The number of aromatic nitrogens is 4. The Hall–Kier alpha value is -3.87. The minimum Gasteiger partial charge on any atom is -0.453 e. The zero-order valence-corrected chi connectivity index (χ0v) is 21.3. The zero-order chi connectivity index (χ0) is 26.2. The van der Waals surface area contributed by atoms with Crippen LogP contribution < -0.4 is 9.46 Å². The van der Waals surface area contributed by atoms with Crippen LogP contribution in [0.15, 0.2) is 76.8 Å². The van der Waals surface area contributed by atoms with Gasteiger partial charge in [-0.05, 0) is 36.4 Å². The van der Waals surface area contributed by atoms with E-state index in [1.165, 1.54) is 40.6 Å². The van der Waals surface area contributed by atoms with Gasteiger partial charge in [0.15, 0.2) is 11.6 Å². The predicted octanol–water partition coefficient (Wildman–Crippen LogP) is 6.13. The molecule has 188 valence electrons. The van der Waals surface area contributed by atoms with E-state index < -0.39 is 20.7 Å². The molecule has 0 unspecified atom stereocenters. The van der Waals surface area contributed by atoms with Crippen LogP contribution in [0.3, 0.4) is 0 Å². The molecule has 0 radical (unpaired) electrons. The lowest BCUT2D eigenvalue weighted by molar-refractivity contribution is 0.473. The first-order valence-electron chi connectivity index (χ1n) is 10.5. The van der Waals surface area contributed by atoms with Crippen LogP contribution in [0, 0.1) is 11.6 Å².